The molecule has 3 aromatic rings. The number of benzene rings is 1. The van der Waals surface area contributed by atoms with Gasteiger partial charge >= 0.3 is 0 Å². The van der Waals surface area contributed by atoms with Crippen molar-refractivity contribution in [2.45, 2.75) is 45.3 Å². The van der Waals surface area contributed by atoms with E-state index in [0.717, 1.165) is 30.6 Å². The maximum absolute atomic E-state index is 5.52. The molecule has 0 spiro atoms. The number of hydrogen-bond donors (Lipinski definition) is 0. The number of piperidine rings is 1. The maximum atomic E-state index is 5.52. The third-order valence-corrected chi connectivity index (χ3v) is 4.81. The van der Waals surface area contributed by atoms with Gasteiger partial charge < -0.3 is 4.52 Å². The second kappa shape index (κ2) is 7.14. The van der Waals surface area contributed by atoms with Crippen molar-refractivity contribution in [3.05, 3.63) is 48.4 Å². The monoisotopic (exact) mass is 338 g/mol. The van der Waals surface area contributed by atoms with Crippen LogP contribution in [0.5, 0.6) is 0 Å². The third kappa shape index (κ3) is 3.61. The molecule has 0 aliphatic carbocycles. The smallest absolute Gasteiger partial charge is 0.241 e. The lowest BCUT2D eigenvalue weighted by Crippen LogP contribution is -2.41. The fourth-order valence-corrected chi connectivity index (χ4v) is 3.44. The molecule has 4 rings (SSSR count). The summed E-state index contributed by atoms with van der Waals surface area (Å²) in [5.74, 6) is 1.33. The molecule has 1 aliphatic heterocycles. The molecule has 1 fully saturated rings. The van der Waals surface area contributed by atoms with Crippen LogP contribution < -0.4 is 0 Å². The van der Waals surface area contributed by atoms with Crippen LogP contribution >= 0.6 is 0 Å². The van der Waals surface area contributed by atoms with Crippen LogP contribution in [-0.4, -0.2) is 42.4 Å². The van der Waals surface area contributed by atoms with Crippen molar-refractivity contribution in [3.8, 4) is 11.4 Å². The predicted molar refractivity (Wildman–Crippen MR) is 92.5 cm³/mol. The topological polar surface area (TPSA) is 72.9 Å². The summed E-state index contributed by atoms with van der Waals surface area (Å²) in [4.78, 5) is 11.1. The van der Waals surface area contributed by atoms with E-state index < -0.39 is 0 Å². The summed E-state index contributed by atoms with van der Waals surface area (Å²) in [6.07, 6.45) is 6.95. The van der Waals surface area contributed by atoms with E-state index in [1.54, 1.807) is 12.7 Å². The molecule has 7 nitrogen and oxygen atoms in total. The van der Waals surface area contributed by atoms with Gasteiger partial charge in [-0.15, -0.1) is 0 Å². The van der Waals surface area contributed by atoms with Crippen LogP contribution in [0, 0.1) is 6.92 Å². The fraction of sp³-hybridized carbons (Fsp3) is 0.444. The Hall–Kier alpha value is -2.54. The van der Waals surface area contributed by atoms with Gasteiger partial charge in [0.05, 0.1) is 13.1 Å². The molecule has 0 amide bonds. The number of aryl methyl sites for hydroxylation is 1. The van der Waals surface area contributed by atoms with E-state index >= 15 is 0 Å². The summed E-state index contributed by atoms with van der Waals surface area (Å²) in [5, 5.41) is 8.41. The number of likely N-dealkylation sites (tertiary alicyclic amines) is 1. The zero-order valence-electron chi connectivity index (χ0n) is 14.4. The molecule has 1 aromatic carbocycles. The first-order valence-corrected chi connectivity index (χ1v) is 8.74. The van der Waals surface area contributed by atoms with E-state index in [2.05, 4.69) is 38.1 Å². The maximum Gasteiger partial charge on any atom is 0.241 e. The standard InChI is InChI=1S/C18H22N6O/c1-14-6-2-3-8-16(14)18-21-17(25-22-18)11-23-9-5-4-7-15(23)10-24-13-19-12-20-24/h2-3,6,8,12-13,15H,4-5,7,9-11H2,1H3/t15-/m0/s1. The Bertz CT molecular complexity index is 813. The molecule has 0 radical (unpaired) electrons. The molecule has 0 bridgehead atoms. The molecule has 1 atom stereocenters. The summed E-state index contributed by atoms with van der Waals surface area (Å²) < 4.78 is 7.42. The van der Waals surface area contributed by atoms with Gasteiger partial charge in [-0.05, 0) is 31.9 Å². The SMILES string of the molecule is Cc1ccccc1-c1noc(CN2CCCC[C@H]2Cn2cncn2)n1. The Morgan fingerprint density at radius 1 is 1.24 bits per heavy atom. The van der Waals surface area contributed by atoms with Gasteiger partial charge in [-0.3, -0.25) is 9.58 Å². The second-order valence-electron chi connectivity index (χ2n) is 6.56. The van der Waals surface area contributed by atoms with Crippen molar-refractivity contribution in [1.82, 2.24) is 29.8 Å². The van der Waals surface area contributed by atoms with Crippen LogP contribution in [0.4, 0.5) is 0 Å². The van der Waals surface area contributed by atoms with E-state index in [0.29, 0.717) is 24.3 Å². The Labute approximate surface area is 146 Å². The number of rotatable bonds is 5. The van der Waals surface area contributed by atoms with Gasteiger partial charge in [0.1, 0.15) is 12.7 Å². The average Bonchev–Trinajstić information content (AvgIpc) is 3.29. The molecule has 3 heterocycles. The van der Waals surface area contributed by atoms with E-state index in [1.165, 1.54) is 12.8 Å². The lowest BCUT2D eigenvalue weighted by atomic mass is 10.0. The van der Waals surface area contributed by atoms with E-state index in [-0.39, 0.29) is 0 Å². The van der Waals surface area contributed by atoms with Crippen molar-refractivity contribution in [2.75, 3.05) is 6.54 Å². The van der Waals surface area contributed by atoms with Crippen molar-refractivity contribution >= 4 is 0 Å². The highest BCUT2D eigenvalue weighted by atomic mass is 16.5. The Morgan fingerprint density at radius 3 is 3.00 bits per heavy atom. The molecule has 130 valence electrons. The van der Waals surface area contributed by atoms with Crippen LogP contribution in [0.15, 0.2) is 41.4 Å². The highest BCUT2D eigenvalue weighted by molar-refractivity contribution is 5.58. The van der Waals surface area contributed by atoms with Crippen molar-refractivity contribution in [3.63, 3.8) is 0 Å². The third-order valence-electron chi connectivity index (χ3n) is 4.81. The highest BCUT2D eigenvalue weighted by Crippen LogP contribution is 2.23. The van der Waals surface area contributed by atoms with Gasteiger partial charge in [-0.1, -0.05) is 35.8 Å². The molecular weight excluding hydrogens is 316 g/mol. The largest absolute Gasteiger partial charge is 0.338 e. The summed E-state index contributed by atoms with van der Waals surface area (Å²) in [7, 11) is 0. The van der Waals surface area contributed by atoms with Crippen LogP contribution in [0.1, 0.15) is 30.7 Å². The first-order valence-electron chi connectivity index (χ1n) is 8.74. The molecule has 25 heavy (non-hydrogen) atoms. The number of aromatic nitrogens is 5. The Morgan fingerprint density at radius 2 is 2.16 bits per heavy atom. The zero-order valence-corrected chi connectivity index (χ0v) is 14.4. The van der Waals surface area contributed by atoms with Crippen LogP contribution in [0.3, 0.4) is 0 Å². The Kier molecular flexibility index (Phi) is 4.56. The molecule has 0 unspecified atom stereocenters. The highest BCUT2D eigenvalue weighted by Gasteiger charge is 2.25. The van der Waals surface area contributed by atoms with E-state index in [9.17, 15) is 0 Å². The zero-order chi connectivity index (χ0) is 17.1. The van der Waals surface area contributed by atoms with Gasteiger partial charge in [0.25, 0.3) is 0 Å². The lowest BCUT2D eigenvalue weighted by molar-refractivity contribution is 0.108. The fourth-order valence-electron chi connectivity index (χ4n) is 3.44. The van der Waals surface area contributed by atoms with Crippen molar-refractivity contribution < 1.29 is 4.52 Å². The van der Waals surface area contributed by atoms with Crippen molar-refractivity contribution in [1.29, 1.82) is 0 Å². The van der Waals surface area contributed by atoms with E-state index in [4.69, 9.17) is 4.52 Å². The van der Waals surface area contributed by atoms with Crippen LogP contribution in [0.25, 0.3) is 11.4 Å². The predicted octanol–water partition coefficient (Wildman–Crippen LogP) is 2.69. The van der Waals surface area contributed by atoms with Crippen LogP contribution in [0.2, 0.25) is 0 Å². The van der Waals surface area contributed by atoms with Crippen LogP contribution in [-0.2, 0) is 13.1 Å². The first kappa shape index (κ1) is 16.0. The molecular formula is C18H22N6O. The average molecular weight is 338 g/mol. The Balaban J connectivity index is 1.48. The quantitative estimate of drug-likeness (QED) is 0.712. The van der Waals surface area contributed by atoms with Gasteiger partial charge in [0.2, 0.25) is 11.7 Å². The second-order valence-corrected chi connectivity index (χ2v) is 6.56. The first-order chi connectivity index (χ1) is 12.3. The molecule has 2 aromatic heterocycles. The minimum atomic E-state index is 0.421. The van der Waals surface area contributed by atoms with E-state index in [1.807, 2.05) is 22.9 Å². The van der Waals surface area contributed by atoms with Gasteiger partial charge in [0.15, 0.2) is 0 Å². The molecule has 0 N–H and O–H groups in total. The molecule has 1 aliphatic rings. The minimum Gasteiger partial charge on any atom is -0.338 e. The molecule has 1 saturated heterocycles. The summed E-state index contributed by atoms with van der Waals surface area (Å²) in [6, 6.07) is 8.52. The summed E-state index contributed by atoms with van der Waals surface area (Å²) in [5.41, 5.74) is 2.17. The van der Waals surface area contributed by atoms with Crippen molar-refractivity contribution in [2.24, 2.45) is 0 Å². The number of nitrogens with zero attached hydrogens (tertiary/aromatic N) is 6. The summed E-state index contributed by atoms with van der Waals surface area (Å²) in [6.45, 7) is 4.63. The number of hydrogen-bond acceptors (Lipinski definition) is 6. The van der Waals surface area contributed by atoms with Gasteiger partial charge in [-0.25, -0.2) is 4.98 Å². The minimum absolute atomic E-state index is 0.421. The lowest BCUT2D eigenvalue weighted by Gasteiger charge is -2.34. The molecule has 0 saturated carbocycles. The normalized spacial score (nSPS) is 18.5. The van der Waals surface area contributed by atoms with Gasteiger partial charge in [-0.2, -0.15) is 10.1 Å². The van der Waals surface area contributed by atoms with Gasteiger partial charge in [0, 0.05) is 11.6 Å². The molecule has 7 heteroatoms. The summed E-state index contributed by atoms with van der Waals surface area (Å²) >= 11 is 0.